The average molecular weight is 469 g/mol. The number of hydrogen-bond acceptors (Lipinski definition) is 8. The zero-order valence-electron chi connectivity index (χ0n) is 18.7. The first-order valence-corrected chi connectivity index (χ1v) is 11.0. The highest BCUT2D eigenvalue weighted by Crippen LogP contribution is 2.30. The lowest BCUT2D eigenvalue weighted by Gasteiger charge is -2.32. The number of nitrogens with one attached hydrogen (secondary N) is 2. The minimum Gasteiger partial charge on any atom is -0.478 e. The Morgan fingerprint density at radius 1 is 1.15 bits per heavy atom. The molecule has 1 aliphatic carbocycles. The monoisotopic (exact) mass is 468 g/mol. The van der Waals surface area contributed by atoms with Crippen molar-refractivity contribution < 1.29 is 24.6 Å². The summed E-state index contributed by atoms with van der Waals surface area (Å²) >= 11 is 0. The van der Waals surface area contributed by atoms with Crippen LogP contribution < -0.4 is 10.6 Å². The molecule has 1 aromatic rings. The van der Waals surface area contributed by atoms with Crippen LogP contribution in [0.4, 0.5) is 5.82 Å². The molecule has 180 valence electrons. The first-order chi connectivity index (χ1) is 16.3. The lowest BCUT2D eigenvalue weighted by molar-refractivity contribution is -0.134. The van der Waals surface area contributed by atoms with E-state index in [-0.39, 0.29) is 24.0 Å². The highest BCUT2D eigenvalue weighted by atomic mass is 16.4. The summed E-state index contributed by atoms with van der Waals surface area (Å²) in [5.74, 6) is -1.82. The normalized spacial score (nSPS) is 18.8. The number of nitrogens with zero attached hydrogens (tertiary/aromatic N) is 4. The van der Waals surface area contributed by atoms with Crippen LogP contribution in [0.1, 0.15) is 44.1 Å². The van der Waals surface area contributed by atoms with E-state index in [2.05, 4.69) is 27.8 Å². The fraction of sp³-hybridized carbons (Fsp3) is 0.478. The summed E-state index contributed by atoms with van der Waals surface area (Å²) < 4.78 is 0. The maximum Gasteiger partial charge on any atom is 0.328 e. The molecule has 1 unspecified atom stereocenters. The maximum absolute atomic E-state index is 12.6. The summed E-state index contributed by atoms with van der Waals surface area (Å²) in [6.45, 7) is 1.71. The Labute approximate surface area is 197 Å². The minimum absolute atomic E-state index is 0.0105. The molecule has 34 heavy (non-hydrogen) atoms. The van der Waals surface area contributed by atoms with Crippen LogP contribution in [0.25, 0.3) is 0 Å². The van der Waals surface area contributed by atoms with Gasteiger partial charge < -0.3 is 20.8 Å². The van der Waals surface area contributed by atoms with E-state index in [0.717, 1.165) is 45.1 Å². The number of hydrogen-bond donors (Lipinski definition) is 4. The number of aromatic nitrogens is 1. The predicted octanol–water partition coefficient (Wildman–Crippen LogP) is 1.49. The number of aliphatic carboxylic acids is 2. The lowest BCUT2D eigenvalue weighted by Crippen LogP contribution is -2.54. The highest BCUT2D eigenvalue weighted by Gasteiger charge is 2.36. The molecule has 4 N–H and O–H groups in total. The van der Waals surface area contributed by atoms with Gasteiger partial charge in [0.2, 0.25) is 5.91 Å². The van der Waals surface area contributed by atoms with Gasteiger partial charge in [-0.15, -0.1) is 0 Å². The maximum atomic E-state index is 12.6. The Bertz CT molecular complexity index is 957. The van der Waals surface area contributed by atoms with Crippen molar-refractivity contribution in [2.75, 3.05) is 25.0 Å². The molecule has 11 nitrogen and oxygen atoms in total. The van der Waals surface area contributed by atoms with Crippen LogP contribution in [0.3, 0.4) is 0 Å². The average Bonchev–Trinajstić information content (AvgIpc) is 3.46. The van der Waals surface area contributed by atoms with Crippen molar-refractivity contribution in [2.24, 2.45) is 0 Å². The van der Waals surface area contributed by atoms with Gasteiger partial charge in [-0.05, 0) is 37.8 Å². The van der Waals surface area contributed by atoms with Gasteiger partial charge in [-0.25, -0.2) is 14.6 Å². The molecule has 1 aliphatic heterocycles. The fourth-order valence-corrected chi connectivity index (χ4v) is 4.05. The van der Waals surface area contributed by atoms with Crippen LogP contribution in [-0.2, 0) is 14.4 Å². The molecule has 1 amide bonds. The Hall–Kier alpha value is -3.96. The van der Waals surface area contributed by atoms with Crippen LogP contribution in [0, 0.1) is 22.7 Å². The molecule has 3 rings (SSSR count). The molecule has 2 fully saturated rings. The van der Waals surface area contributed by atoms with Crippen LogP contribution in [0.5, 0.6) is 0 Å². The summed E-state index contributed by atoms with van der Waals surface area (Å²) in [5, 5.41) is 40.2. The van der Waals surface area contributed by atoms with Crippen LogP contribution in [0.2, 0.25) is 0 Å². The zero-order valence-corrected chi connectivity index (χ0v) is 18.7. The Kier molecular flexibility index (Phi) is 9.99. The molecule has 1 saturated heterocycles. The SMILES string of the molecule is N#Cc1ccc(NCC2(NC(=O)CN3CCCC3C#N)CCCC2)nc1.O=C(O)C=CC(=O)O. The van der Waals surface area contributed by atoms with Crippen molar-refractivity contribution in [1.82, 2.24) is 15.2 Å². The Morgan fingerprint density at radius 3 is 2.35 bits per heavy atom. The van der Waals surface area contributed by atoms with Gasteiger partial charge in [0.1, 0.15) is 11.9 Å². The highest BCUT2D eigenvalue weighted by molar-refractivity contribution is 5.89. The Balaban J connectivity index is 0.000000440. The lowest BCUT2D eigenvalue weighted by atomic mass is 9.97. The second kappa shape index (κ2) is 12.9. The van der Waals surface area contributed by atoms with Gasteiger partial charge in [-0.3, -0.25) is 9.69 Å². The van der Waals surface area contributed by atoms with Crippen molar-refractivity contribution in [3.05, 3.63) is 36.0 Å². The number of carbonyl (C=O) groups excluding carboxylic acids is 1. The molecule has 1 atom stereocenters. The summed E-state index contributed by atoms with van der Waals surface area (Å²) in [6.07, 6.45) is 8.53. The Morgan fingerprint density at radius 2 is 1.82 bits per heavy atom. The van der Waals surface area contributed by atoms with E-state index in [1.54, 1.807) is 12.1 Å². The van der Waals surface area contributed by atoms with Gasteiger partial charge in [0.05, 0.1) is 29.8 Å². The third kappa shape index (κ3) is 8.52. The van der Waals surface area contributed by atoms with Gasteiger partial charge in [0.15, 0.2) is 0 Å². The number of amides is 1. The molecule has 2 heterocycles. The van der Waals surface area contributed by atoms with Crippen LogP contribution in [-0.4, -0.2) is 69.2 Å². The molecule has 1 aromatic heterocycles. The molecular formula is C23H28N6O5. The smallest absolute Gasteiger partial charge is 0.328 e. The fourth-order valence-electron chi connectivity index (χ4n) is 4.05. The van der Waals surface area contributed by atoms with Crippen molar-refractivity contribution in [3.63, 3.8) is 0 Å². The number of rotatable bonds is 8. The molecule has 1 saturated carbocycles. The van der Waals surface area contributed by atoms with Gasteiger partial charge in [-0.2, -0.15) is 10.5 Å². The van der Waals surface area contributed by atoms with E-state index >= 15 is 0 Å². The van der Waals surface area contributed by atoms with Gasteiger partial charge in [0, 0.05) is 31.4 Å². The van der Waals surface area contributed by atoms with E-state index in [4.69, 9.17) is 15.5 Å². The molecule has 0 bridgehead atoms. The predicted molar refractivity (Wildman–Crippen MR) is 121 cm³/mol. The van der Waals surface area contributed by atoms with Crippen molar-refractivity contribution >= 4 is 23.7 Å². The quantitative estimate of drug-likeness (QED) is 0.408. The molecule has 0 radical (unpaired) electrons. The minimum atomic E-state index is -1.26. The number of carboxylic acids is 2. The summed E-state index contributed by atoms with van der Waals surface area (Å²) in [7, 11) is 0. The molecular weight excluding hydrogens is 440 g/mol. The number of carbonyl (C=O) groups is 3. The largest absolute Gasteiger partial charge is 0.478 e. The number of carboxylic acid groups (broad SMARTS) is 2. The third-order valence-electron chi connectivity index (χ3n) is 5.69. The summed E-state index contributed by atoms with van der Waals surface area (Å²) in [4.78, 5) is 37.9. The number of nitriles is 2. The van der Waals surface area contributed by atoms with E-state index in [1.807, 2.05) is 4.90 Å². The van der Waals surface area contributed by atoms with Gasteiger partial charge in [-0.1, -0.05) is 12.8 Å². The summed E-state index contributed by atoms with van der Waals surface area (Å²) in [6, 6.07) is 7.71. The van der Waals surface area contributed by atoms with Gasteiger partial charge >= 0.3 is 11.9 Å². The molecule has 0 aromatic carbocycles. The van der Waals surface area contributed by atoms with E-state index in [1.165, 1.54) is 6.20 Å². The number of anilines is 1. The van der Waals surface area contributed by atoms with Crippen molar-refractivity contribution in [1.29, 1.82) is 10.5 Å². The van der Waals surface area contributed by atoms with Crippen LogP contribution in [0.15, 0.2) is 30.5 Å². The third-order valence-corrected chi connectivity index (χ3v) is 5.69. The first kappa shape index (κ1) is 26.3. The topological polar surface area (TPSA) is 179 Å². The summed E-state index contributed by atoms with van der Waals surface area (Å²) in [5.41, 5.74) is 0.256. The second-order valence-corrected chi connectivity index (χ2v) is 8.20. The first-order valence-electron chi connectivity index (χ1n) is 11.0. The molecule has 0 spiro atoms. The van der Waals surface area contributed by atoms with E-state index < -0.39 is 11.9 Å². The van der Waals surface area contributed by atoms with Crippen LogP contribution >= 0.6 is 0 Å². The zero-order chi connectivity index (χ0) is 25.0. The molecule has 2 aliphatic rings. The van der Waals surface area contributed by atoms with Gasteiger partial charge in [0.25, 0.3) is 0 Å². The van der Waals surface area contributed by atoms with E-state index in [9.17, 15) is 19.6 Å². The molecule has 11 heteroatoms. The van der Waals surface area contributed by atoms with E-state index in [0.29, 0.717) is 30.1 Å². The standard InChI is InChI=1S/C19H24N6O.C4H4O4/c20-10-15-5-6-17(22-12-15)23-14-19(7-1-2-8-19)24-18(26)13-25-9-3-4-16(25)11-21;5-3(6)1-2-4(7)8/h5-6,12,16H,1-4,7-9,13-14H2,(H,22,23)(H,24,26);1-2H,(H,5,6)(H,7,8). The number of likely N-dealkylation sites (tertiary alicyclic amines) is 1. The second-order valence-electron chi connectivity index (χ2n) is 8.20. The number of pyridine rings is 1. The van der Waals surface area contributed by atoms with Crippen molar-refractivity contribution in [3.8, 4) is 12.1 Å². The van der Waals surface area contributed by atoms with Crippen molar-refractivity contribution in [2.45, 2.75) is 50.1 Å².